The van der Waals surface area contributed by atoms with E-state index in [9.17, 15) is 5.26 Å². The maximum absolute atomic E-state index is 10.5. The summed E-state index contributed by atoms with van der Waals surface area (Å²) in [7, 11) is 0. The first-order chi connectivity index (χ1) is 16.1. The lowest BCUT2D eigenvalue weighted by atomic mass is 9.60. The van der Waals surface area contributed by atoms with Crippen molar-refractivity contribution in [3.63, 3.8) is 0 Å². The largest absolute Gasteiger partial charge is 0.292 e. The van der Waals surface area contributed by atoms with Gasteiger partial charge in [-0.3, -0.25) is 4.90 Å². The first kappa shape index (κ1) is 23.7. The molecule has 170 valence electrons. The van der Waals surface area contributed by atoms with Crippen molar-refractivity contribution in [1.29, 1.82) is 5.26 Å². The van der Waals surface area contributed by atoms with Gasteiger partial charge in [-0.15, -0.1) is 0 Å². The van der Waals surface area contributed by atoms with Crippen molar-refractivity contribution in [3.8, 4) is 6.07 Å². The Morgan fingerprint density at radius 2 is 1.45 bits per heavy atom. The minimum absolute atomic E-state index is 0.369. The highest BCUT2D eigenvalue weighted by atomic mass is 79.9. The van der Waals surface area contributed by atoms with Gasteiger partial charge in [-0.05, 0) is 67.3 Å². The van der Waals surface area contributed by atoms with Crippen LogP contribution in [0, 0.1) is 17.2 Å². The quantitative estimate of drug-likeness (QED) is 0.283. The van der Waals surface area contributed by atoms with E-state index in [1.807, 2.05) is 0 Å². The Morgan fingerprint density at radius 3 is 1.91 bits per heavy atom. The standard InChI is InChI=1S/C30H33BrN2/c1-24(33(21-25-9-4-2-5-10-25)22-26-11-6-3-7-12-26)19-20-30(23-32,27-13-8-14-27)28-15-17-29(31)18-16-28/h2-7,9-12,15-18,24,27H,8,13-14,19-22H2,1H3. The van der Waals surface area contributed by atoms with E-state index in [0.717, 1.165) is 43.2 Å². The van der Waals surface area contributed by atoms with Gasteiger partial charge in [0, 0.05) is 23.6 Å². The van der Waals surface area contributed by atoms with Crippen LogP contribution in [0.15, 0.2) is 89.4 Å². The van der Waals surface area contributed by atoms with Crippen molar-refractivity contribution in [2.24, 2.45) is 5.92 Å². The van der Waals surface area contributed by atoms with Gasteiger partial charge in [-0.25, -0.2) is 0 Å². The van der Waals surface area contributed by atoms with Crippen molar-refractivity contribution in [2.45, 2.75) is 63.6 Å². The zero-order chi connectivity index (χ0) is 23.1. The fraction of sp³-hybridized carbons (Fsp3) is 0.367. The molecule has 0 radical (unpaired) electrons. The Morgan fingerprint density at radius 1 is 0.909 bits per heavy atom. The van der Waals surface area contributed by atoms with Crippen LogP contribution in [-0.2, 0) is 18.5 Å². The first-order valence-electron chi connectivity index (χ1n) is 12.1. The SMILES string of the molecule is CC(CCC(C#N)(c1ccc(Br)cc1)C1CCC1)N(Cc1ccccc1)Cc1ccccc1. The van der Waals surface area contributed by atoms with E-state index >= 15 is 0 Å². The molecule has 1 aliphatic rings. The fourth-order valence-electron chi connectivity index (χ4n) is 5.07. The molecular formula is C30H33BrN2. The number of nitriles is 1. The monoisotopic (exact) mass is 500 g/mol. The Bertz CT molecular complexity index is 997. The van der Waals surface area contributed by atoms with Crippen molar-refractivity contribution in [3.05, 3.63) is 106 Å². The minimum atomic E-state index is -0.391. The molecule has 2 unspecified atom stereocenters. The van der Waals surface area contributed by atoms with E-state index in [-0.39, 0.29) is 0 Å². The number of hydrogen-bond acceptors (Lipinski definition) is 2. The molecule has 33 heavy (non-hydrogen) atoms. The smallest absolute Gasteiger partial charge is 0.0851 e. The van der Waals surface area contributed by atoms with Crippen LogP contribution in [-0.4, -0.2) is 10.9 Å². The van der Waals surface area contributed by atoms with Gasteiger partial charge in [0.2, 0.25) is 0 Å². The molecule has 1 fully saturated rings. The number of nitrogens with zero attached hydrogens (tertiary/aromatic N) is 2. The summed E-state index contributed by atoms with van der Waals surface area (Å²) in [6.07, 6.45) is 5.47. The van der Waals surface area contributed by atoms with E-state index in [1.54, 1.807) is 0 Å². The van der Waals surface area contributed by atoms with Gasteiger partial charge in [0.05, 0.1) is 11.5 Å². The van der Waals surface area contributed by atoms with Gasteiger partial charge >= 0.3 is 0 Å². The van der Waals surface area contributed by atoms with Crippen LogP contribution >= 0.6 is 15.9 Å². The second kappa shape index (κ2) is 11.1. The minimum Gasteiger partial charge on any atom is -0.292 e. The summed E-state index contributed by atoms with van der Waals surface area (Å²) in [5.41, 5.74) is 3.46. The Labute approximate surface area is 207 Å². The number of benzene rings is 3. The predicted molar refractivity (Wildman–Crippen MR) is 140 cm³/mol. The second-order valence-electron chi connectivity index (χ2n) is 9.48. The van der Waals surface area contributed by atoms with Gasteiger partial charge < -0.3 is 0 Å². The van der Waals surface area contributed by atoms with E-state index in [0.29, 0.717) is 12.0 Å². The molecule has 0 amide bonds. The molecular weight excluding hydrogens is 468 g/mol. The van der Waals surface area contributed by atoms with Crippen LogP contribution in [0.1, 0.15) is 55.7 Å². The van der Waals surface area contributed by atoms with E-state index in [2.05, 4.69) is 119 Å². The van der Waals surface area contributed by atoms with Gasteiger partial charge in [-0.1, -0.05) is 95.1 Å². The van der Waals surface area contributed by atoms with Crippen molar-refractivity contribution >= 4 is 15.9 Å². The summed E-state index contributed by atoms with van der Waals surface area (Å²) in [5, 5.41) is 10.5. The van der Waals surface area contributed by atoms with Crippen LogP contribution in [0.5, 0.6) is 0 Å². The molecule has 0 bridgehead atoms. The first-order valence-corrected chi connectivity index (χ1v) is 12.9. The van der Waals surface area contributed by atoms with Gasteiger partial charge in [0.1, 0.15) is 0 Å². The van der Waals surface area contributed by atoms with Crippen LogP contribution < -0.4 is 0 Å². The lowest BCUT2D eigenvalue weighted by Gasteiger charge is -2.42. The maximum atomic E-state index is 10.5. The molecule has 2 nitrogen and oxygen atoms in total. The van der Waals surface area contributed by atoms with Gasteiger partial charge in [0.15, 0.2) is 0 Å². The molecule has 1 aliphatic carbocycles. The third-order valence-corrected chi connectivity index (χ3v) is 7.93. The van der Waals surface area contributed by atoms with Gasteiger partial charge in [-0.2, -0.15) is 5.26 Å². The normalized spacial score (nSPS) is 16.5. The molecule has 3 aromatic carbocycles. The van der Waals surface area contributed by atoms with Crippen LogP contribution in [0.25, 0.3) is 0 Å². The fourth-order valence-corrected chi connectivity index (χ4v) is 5.33. The van der Waals surface area contributed by atoms with Gasteiger partial charge in [0.25, 0.3) is 0 Å². The molecule has 0 aromatic heterocycles. The second-order valence-corrected chi connectivity index (χ2v) is 10.4. The molecule has 0 N–H and O–H groups in total. The van der Waals surface area contributed by atoms with Crippen LogP contribution in [0.3, 0.4) is 0 Å². The maximum Gasteiger partial charge on any atom is 0.0851 e. The number of hydrogen-bond donors (Lipinski definition) is 0. The summed E-state index contributed by atoms with van der Waals surface area (Å²) in [5.74, 6) is 0.465. The zero-order valence-corrected chi connectivity index (χ0v) is 21.0. The average Bonchev–Trinajstić information content (AvgIpc) is 2.82. The Kier molecular flexibility index (Phi) is 8.02. The average molecular weight is 502 g/mol. The van der Waals surface area contributed by atoms with Crippen molar-refractivity contribution in [1.82, 2.24) is 4.90 Å². The lowest BCUT2D eigenvalue weighted by Crippen LogP contribution is -2.40. The third kappa shape index (κ3) is 5.75. The topological polar surface area (TPSA) is 27.0 Å². The molecule has 0 heterocycles. The number of halogens is 1. The summed E-state index contributed by atoms with van der Waals surface area (Å²) in [6.45, 7) is 4.16. The van der Waals surface area contributed by atoms with E-state index < -0.39 is 5.41 Å². The van der Waals surface area contributed by atoms with Crippen molar-refractivity contribution < 1.29 is 0 Å². The summed E-state index contributed by atoms with van der Waals surface area (Å²) in [6, 6.07) is 33.1. The molecule has 3 heteroatoms. The highest BCUT2D eigenvalue weighted by molar-refractivity contribution is 9.10. The molecule has 0 aliphatic heterocycles. The van der Waals surface area contributed by atoms with Crippen LogP contribution in [0.4, 0.5) is 0 Å². The predicted octanol–water partition coefficient (Wildman–Crippen LogP) is 7.88. The molecule has 0 spiro atoms. The highest BCUT2D eigenvalue weighted by Crippen LogP contribution is 2.47. The molecule has 0 saturated heterocycles. The summed E-state index contributed by atoms with van der Waals surface area (Å²) < 4.78 is 1.07. The number of rotatable bonds is 10. The van der Waals surface area contributed by atoms with E-state index in [1.165, 1.54) is 23.1 Å². The van der Waals surface area contributed by atoms with E-state index in [4.69, 9.17) is 0 Å². The Hall–Kier alpha value is -2.41. The third-order valence-electron chi connectivity index (χ3n) is 7.40. The summed E-state index contributed by atoms with van der Waals surface area (Å²) in [4.78, 5) is 2.56. The molecule has 4 rings (SSSR count). The highest BCUT2D eigenvalue weighted by Gasteiger charge is 2.43. The van der Waals surface area contributed by atoms with Crippen molar-refractivity contribution in [2.75, 3.05) is 0 Å². The molecule has 2 atom stereocenters. The Balaban J connectivity index is 1.54. The molecule has 1 saturated carbocycles. The van der Waals surface area contributed by atoms with Crippen LogP contribution in [0.2, 0.25) is 0 Å². The molecule has 3 aromatic rings. The zero-order valence-electron chi connectivity index (χ0n) is 19.5. The lowest BCUT2D eigenvalue weighted by molar-refractivity contribution is 0.148. The summed E-state index contributed by atoms with van der Waals surface area (Å²) >= 11 is 3.56.